The van der Waals surface area contributed by atoms with Crippen LogP contribution in [0.25, 0.3) is 11.1 Å². The zero-order valence-electron chi connectivity index (χ0n) is 8.97. The van der Waals surface area contributed by atoms with Crippen LogP contribution in [0.4, 0.5) is 0 Å². The minimum Gasteiger partial charge on any atom is -0.396 e. The molecule has 0 aliphatic rings. The maximum absolute atomic E-state index is 8.79. The van der Waals surface area contributed by atoms with Crippen molar-refractivity contribution in [2.24, 2.45) is 0 Å². The van der Waals surface area contributed by atoms with Crippen LogP contribution in [0, 0.1) is 0 Å². The first-order valence-electron chi connectivity index (χ1n) is 5.29. The molecular formula is C14H14OS. The molecule has 0 saturated heterocycles. The first kappa shape index (κ1) is 11.2. The van der Waals surface area contributed by atoms with Crippen molar-refractivity contribution in [3.8, 4) is 11.1 Å². The van der Waals surface area contributed by atoms with Gasteiger partial charge in [-0.2, -0.15) is 0 Å². The highest BCUT2D eigenvalue weighted by molar-refractivity contribution is 7.99. The fraction of sp³-hybridized carbons (Fsp3) is 0.143. The van der Waals surface area contributed by atoms with Crippen LogP contribution in [0.2, 0.25) is 0 Å². The Balaban J connectivity index is 2.22. The smallest absolute Gasteiger partial charge is 0.0525 e. The molecule has 0 atom stereocenters. The Kier molecular flexibility index (Phi) is 4.03. The van der Waals surface area contributed by atoms with Crippen molar-refractivity contribution in [1.29, 1.82) is 0 Å². The minimum absolute atomic E-state index is 0.222. The molecule has 0 unspecified atom stereocenters. The highest BCUT2D eigenvalue weighted by Crippen LogP contribution is 2.25. The predicted octanol–water partition coefficient (Wildman–Crippen LogP) is 3.44. The molecule has 0 aromatic heterocycles. The van der Waals surface area contributed by atoms with Gasteiger partial charge >= 0.3 is 0 Å². The van der Waals surface area contributed by atoms with E-state index >= 15 is 0 Å². The van der Waals surface area contributed by atoms with Gasteiger partial charge in [0.15, 0.2) is 0 Å². The summed E-state index contributed by atoms with van der Waals surface area (Å²) in [6, 6.07) is 18.7. The SMILES string of the molecule is OCCSc1cccc(-c2ccccc2)c1. The van der Waals surface area contributed by atoms with Gasteiger partial charge < -0.3 is 5.11 Å². The van der Waals surface area contributed by atoms with E-state index in [0.29, 0.717) is 0 Å². The average molecular weight is 230 g/mol. The number of hydrogen-bond acceptors (Lipinski definition) is 2. The van der Waals surface area contributed by atoms with Gasteiger partial charge in [0.2, 0.25) is 0 Å². The molecule has 1 N–H and O–H groups in total. The maximum atomic E-state index is 8.79. The Morgan fingerprint density at radius 3 is 2.38 bits per heavy atom. The van der Waals surface area contributed by atoms with E-state index < -0.39 is 0 Å². The molecule has 0 saturated carbocycles. The second-order valence-electron chi connectivity index (χ2n) is 3.47. The van der Waals surface area contributed by atoms with Crippen molar-refractivity contribution in [2.75, 3.05) is 12.4 Å². The van der Waals surface area contributed by atoms with Crippen LogP contribution in [0.15, 0.2) is 59.5 Å². The van der Waals surface area contributed by atoms with Gasteiger partial charge in [0.05, 0.1) is 6.61 Å². The van der Waals surface area contributed by atoms with Gasteiger partial charge in [-0.05, 0) is 23.3 Å². The highest BCUT2D eigenvalue weighted by Gasteiger charge is 1.98. The summed E-state index contributed by atoms with van der Waals surface area (Å²) in [5, 5.41) is 8.79. The standard InChI is InChI=1S/C14H14OS/c15-9-10-16-14-8-4-7-13(11-14)12-5-2-1-3-6-12/h1-8,11,15H,9-10H2. The Morgan fingerprint density at radius 1 is 0.875 bits per heavy atom. The number of aliphatic hydroxyl groups is 1. The van der Waals surface area contributed by atoms with Gasteiger partial charge in [0.25, 0.3) is 0 Å². The Morgan fingerprint density at radius 2 is 1.62 bits per heavy atom. The number of thioether (sulfide) groups is 1. The van der Waals surface area contributed by atoms with Crippen molar-refractivity contribution >= 4 is 11.8 Å². The third kappa shape index (κ3) is 2.87. The van der Waals surface area contributed by atoms with Gasteiger partial charge in [0, 0.05) is 10.6 Å². The summed E-state index contributed by atoms with van der Waals surface area (Å²) in [5.41, 5.74) is 2.46. The van der Waals surface area contributed by atoms with Crippen LogP contribution in [-0.2, 0) is 0 Å². The molecule has 2 aromatic carbocycles. The van der Waals surface area contributed by atoms with Crippen LogP contribution >= 0.6 is 11.8 Å². The van der Waals surface area contributed by atoms with Crippen molar-refractivity contribution in [3.63, 3.8) is 0 Å². The highest BCUT2D eigenvalue weighted by atomic mass is 32.2. The summed E-state index contributed by atoms with van der Waals surface area (Å²) in [4.78, 5) is 1.20. The van der Waals surface area contributed by atoms with E-state index in [1.807, 2.05) is 18.2 Å². The van der Waals surface area contributed by atoms with Gasteiger partial charge in [-0.15, -0.1) is 11.8 Å². The van der Waals surface area contributed by atoms with E-state index in [2.05, 4.69) is 36.4 Å². The zero-order chi connectivity index (χ0) is 11.2. The molecule has 2 rings (SSSR count). The van der Waals surface area contributed by atoms with Crippen LogP contribution < -0.4 is 0 Å². The molecule has 0 fully saturated rings. The van der Waals surface area contributed by atoms with Gasteiger partial charge in [-0.25, -0.2) is 0 Å². The van der Waals surface area contributed by atoms with E-state index in [4.69, 9.17) is 5.11 Å². The molecular weight excluding hydrogens is 216 g/mol. The summed E-state index contributed by atoms with van der Waals surface area (Å²) >= 11 is 1.68. The van der Waals surface area contributed by atoms with Crippen LogP contribution in [0.3, 0.4) is 0 Å². The number of benzene rings is 2. The monoisotopic (exact) mass is 230 g/mol. The summed E-state index contributed by atoms with van der Waals surface area (Å²) in [6.07, 6.45) is 0. The summed E-state index contributed by atoms with van der Waals surface area (Å²) in [6.45, 7) is 0.222. The lowest BCUT2D eigenvalue weighted by molar-refractivity contribution is 0.322. The molecule has 0 spiro atoms. The number of rotatable bonds is 4. The molecule has 0 bridgehead atoms. The Bertz CT molecular complexity index is 439. The van der Waals surface area contributed by atoms with Crippen molar-refractivity contribution in [2.45, 2.75) is 4.90 Å². The van der Waals surface area contributed by atoms with Gasteiger partial charge in [0.1, 0.15) is 0 Å². The summed E-state index contributed by atoms with van der Waals surface area (Å²) < 4.78 is 0. The van der Waals surface area contributed by atoms with E-state index in [0.717, 1.165) is 5.75 Å². The van der Waals surface area contributed by atoms with Gasteiger partial charge in [-0.1, -0.05) is 42.5 Å². The third-order valence-electron chi connectivity index (χ3n) is 2.30. The molecule has 0 amide bonds. The van der Waals surface area contributed by atoms with E-state index in [9.17, 15) is 0 Å². The Labute approximate surface area is 100 Å². The Hall–Kier alpha value is -1.25. The number of hydrogen-bond donors (Lipinski definition) is 1. The lowest BCUT2D eigenvalue weighted by Crippen LogP contribution is -1.85. The van der Waals surface area contributed by atoms with E-state index in [1.54, 1.807) is 11.8 Å². The van der Waals surface area contributed by atoms with Crippen LogP contribution in [0.5, 0.6) is 0 Å². The lowest BCUT2D eigenvalue weighted by atomic mass is 10.1. The fourth-order valence-corrected chi connectivity index (χ4v) is 2.27. The lowest BCUT2D eigenvalue weighted by Gasteiger charge is -2.04. The maximum Gasteiger partial charge on any atom is 0.0525 e. The minimum atomic E-state index is 0.222. The van der Waals surface area contributed by atoms with Crippen molar-refractivity contribution < 1.29 is 5.11 Å². The molecule has 0 aliphatic carbocycles. The molecule has 82 valence electrons. The van der Waals surface area contributed by atoms with Crippen molar-refractivity contribution in [1.82, 2.24) is 0 Å². The third-order valence-corrected chi connectivity index (χ3v) is 3.28. The molecule has 2 aromatic rings. The molecule has 1 nitrogen and oxygen atoms in total. The van der Waals surface area contributed by atoms with Crippen LogP contribution in [0.1, 0.15) is 0 Å². The topological polar surface area (TPSA) is 20.2 Å². The summed E-state index contributed by atoms with van der Waals surface area (Å²) in [5.74, 6) is 0.748. The largest absolute Gasteiger partial charge is 0.396 e. The normalized spacial score (nSPS) is 10.3. The zero-order valence-corrected chi connectivity index (χ0v) is 9.78. The second-order valence-corrected chi connectivity index (χ2v) is 4.63. The predicted molar refractivity (Wildman–Crippen MR) is 69.7 cm³/mol. The molecule has 16 heavy (non-hydrogen) atoms. The van der Waals surface area contributed by atoms with Crippen molar-refractivity contribution in [3.05, 3.63) is 54.6 Å². The quantitative estimate of drug-likeness (QED) is 0.812. The molecule has 0 heterocycles. The van der Waals surface area contributed by atoms with Gasteiger partial charge in [-0.3, -0.25) is 0 Å². The molecule has 0 radical (unpaired) electrons. The summed E-state index contributed by atoms with van der Waals surface area (Å²) in [7, 11) is 0. The first-order chi connectivity index (χ1) is 7.90. The number of aliphatic hydroxyl groups excluding tert-OH is 1. The molecule has 2 heteroatoms. The van der Waals surface area contributed by atoms with E-state index in [1.165, 1.54) is 16.0 Å². The van der Waals surface area contributed by atoms with Crippen LogP contribution in [-0.4, -0.2) is 17.5 Å². The fourth-order valence-electron chi connectivity index (χ4n) is 1.56. The first-order valence-corrected chi connectivity index (χ1v) is 6.28. The van der Waals surface area contributed by atoms with E-state index in [-0.39, 0.29) is 6.61 Å². The average Bonchev–Trinajstić information content (AvgIpc) is 2.38. The second kappa shape index (κ2) is 5.73. The molecule has 0 aliphatic heterocycles.